The number of rotatable bonds is 4. The van der Waals surface area contributed by atoms with Gasteiger partial charge in [-0.1, -0.05) is 35.3 Å². The molecule has 24 heavy (non-hydrogen) atoms. The first kappa shape index (κ1) is 16.7. The highest BCUT2D eigenvalue weighted by molar-refractivity contribution is 6.39. The van der Waals surface area contributed by atoms with Crippen molar-refractivity contribution in [2.45, 2.75) is 13.0 Å². The molecule has 2 aromatic rings. The van der Waals surface area contributed by atoms with E-state index >= 15 is 0 Å². The molecule has 1 saturated heterocycles. The Morgan fingerprint density at radius 1 is 1.25 bits per heavy atom. The molecule has 0 bridgehead atoms. The molecular weight excluding hydrogens is 349 g/mol. The number of anilines is 1. The minimum atomic E-state index is -0.429. The Morgan fingerprint density at radius 2 is 2.00 bits per heavy atom. The van der Waals surface area contributed by atoms with Crippen LogP contribution in [0.25, 0.3) is 0 Å². The maximum absolute atomic E-state index is 12.4. The van der Waals surface area contributed by atoms with Gasteiger partial charge in [0.15, 0.2) is 0 Å². The summed E-state index contributed by atoms with van der Waals surface area (Å²) in [5.41, 5.74) is 1.31. The average Bonchev–Trinajstić information content (AvgIpc) is 2.93. The summed E-state index contributed by atoms with van der Waals surface area (Å²) in [6.07, 6.45) is 3.57. The number of likely N-dealkylation sites (tertiary alicyclic amines) is 1. The van der Waals surface area contributed by atoms with Gasteiger partial charge in [-0.25, -0.2) is 0 Å². The Kier molecular flexibility index (Phi) is 5.02. The smallest absolute Gasteiger partial charge is 0.229 e. The molecule has 0 aliphatic carbocycles. The molecule has 2 amide bonds. The van der Waals surface area contributed by atoms with Crippen LogP contribution in [0, 0.1) is 5.92 Å². The van der Waals surface area contributed by atoms with Crippen molar-refractivity contribution in [3.8, 4) is 0 Å². The summed E-state index contributed by atoms with van der Waals surface area (Å²) in [5.74, 6) is -0.738. The van der Waals surface area contributed by atoms with Gasteiger partial charge in [-0.05, 0) is 23.8 Å². The molecule has 0 spiro atoms. The van der Waals surface area contributed by atoms with Gasteiger partial charge in [0.05, 0.1) is 21.7 Å². The van der Waals surface area contributed by atoms with Gasteiger partial charge in [0.1, 0.15) is 0 Å². The third-order valence-electron chi connectivity index (χ3n) is 3.89. The third-order valence-corrected chi connectivity index (χ3v) is 4.52. The number of halogens is 2. The fourth-order valence-electron chi connectivity index (χ4n) is 2.66. The van der Waals surface area contributed by atoms with Crippen molar-refractivity contribution in [3.63, 3.8) is 0 Å². The summed E-state index contributed by atoms with van der Waals surface area (Å²) >= 11 is 12.1. The molecule has 1 unspecified atom stereocenters. The molecule has 3 rings (SSSR count). The zero-order chi connectivity index (χ0) is 17.1. The predicted molar refractivity (Wildman–Crippen MR) is 92.9 cm³/mol. The zero-order valence-corrected chi connectivity index (χ0v) is 14.2. The van der Waals surface area contributed by atoms with Crippen molar-refractivity contribution in [2.24, 2.45) is 5.92 Å². The van der Waals surface area contributed by atoms with Gasteiger partial charge in [0, 0.05) is 31.9 Å². The Labute approximate surface area is 149 Å². The first-order valence-corrected chi connectivity index (χ1v) is 8.21. The van der Waals surface area contributed by atoms with Gasteiger partial charge >= 0.3 is 0 Å². The Balaban J connectivity index is 1.66. The first-order chi connectivity index (χ1) is 11.5. The molecule has 1 aromatic heterocycles. The number of aromatic nitrogens is 1. The number of pyridine rings is 1. The summed E-state index contributed by atoms with van der Waals surface area (Å²) < 4.78 is 0. The summed E-state index contributed by atoms with van der Waals surface area (Å²) in [6.45, 7) is 0.810. The molecule has 1 aromatic carbocycles. The number of para-hydroxylation sites is 1. The van der Waals surface area contributed by atoms with Crippen molar-refractivity contribution >= 4 is 40.7 Å². The third kappa shape index (κ3) is 3.68. The van der Waals surface area contributed by atoms with E-state index in [1.165, 1.54) is 0 Å². The quantitative estimate of drug-likeness (QED) is 0.905. The van der Waals surface area contributed by atoms with Gasteiger partial charge in [-0.2, -0.15) is 0 Å². The van der Waals surface area contributed by atoms with Crippen LogP contribution in [0.15, 0.2) is 42.7 Å². The lowest BCUT2D eigenvalue weighted by Crippen LogP contribution is -2.28. The number of nitrogens with one attached hydrogen (secondary N) is 1. The van der Waals surface area contributed by atoms with Crippen LogP contribution in [0.5, 0.6) is 0 Å². The molecule has 1 aliphatic rings. The minimum Gasteiger partial charge on any atom is -0.337 e. The lowest BCUT2D eigenvalue weighted by Gasteiger charge is -2.17. The Hall–Kier alpha value is -2.11. The number of amides is 2. The Bertz CT molecular complexity index is 747. The molecule has 1 atom stereocenters. The van der Waals surface area contributed by atoms with Gasteiger partial charge in [-0.3, -0.25) is 14.6 Å². The lowest BCUT2D eigenvalue weighted by atomic mass is 10.1. The number of carbonyl (C=O) groups is 2. The van der Waals surface area contributed by atoms with Gasteiger partial charge < -0.3 is 10.2 Å². The van der Waals surface area contributed by atoms with E-state index in [4.69, 9.17) is 23.2 Å². The van der Waals surface area contributed by atoms with Crippen LogP contribution in [0.2, 0.25) is 10.0 Å². The van der Waals surface area contributed by atoms with Crippen LogP contribution in [-0.4, -0.2) is 28.2 Å². The second kappa shape index (κ2) is 7.20. The number of nitrogens with zero attached hydrogens (tertiary/aromatic N) is 2. The molecule has 7 heteroatoms. The van der Waals surface area contributed by atoms with Crippen molar-refractivity contribution < 1.29 is 9.59 Å². The minimum absolute atomic E-state index is 0.0516. The summed E-state index contributed by atoms with van der Waals surface area (Å²) in [6, 6.07) is 8.72. The lowest BCUT2D eigenvalue weighted by molar-refractivity contribution is -0.128. The van der Waals surface area contributed by atoms with Crippen LogP contribution in [-0.2, 0) is 16.1 Å². The fourth-order valence-corrected chi connectivity index (χ4v) is 3.15. The highest BCUT2D eigenvalue weighted by atomic mass is 35.5. The number of carbonyl (C=O) groups excluding carboxylic acids is 2. The van der Waals surface area contributed by atoms with E-state index in [-0.39, 0.29) is 18.2 Å². The van der Waals surface area contributed by atoms with Crippen LogP contribution in [0.1, 0.15) is 12.0 Å². The largest absolute Gasteiger partial charge is 0.337 e. The molecule has 1 N–H and O–H groups in total. The van der Waals surface area contributed by atoms with E-state index in [1.54, 1.807) is 35.5 Å². The van der Waals surface area contributed by atoms with Crippen molar-refractivity contribution in [1.29, 1.82) is 0 Å². The number of benzene rings is 1. The normalized spacial score (nSPS) is 17.2. The van der Waals surface area contributed by atoms with Crippen LogP contribution >= 0.6 is 23.2 Å². The second-order valence-electron chi connectivity index (χ2n) is 5.62. The SMILES string of the molecule is O=C(Nc1c(Cl)cccc1Cl)C1CC(=O)N(Cc2cccnc2)C1. The van der Waals surface area contributed by atoms with Crippen molar-refractivity contribution in [2.75, 3.05) is 11.9 Å². The summed E-state index contributed by atoms with van der Waals surface area (Å²) in [7, 11) is 0. The van der Waals surface area contributed by atoms with Gasteiger partial charge in [0.25, 0.3) is 0 Å². The van der Waals surface area contributed by atoms with E-state index in [2.05, 4.69) is 10.3 Å². The van der Waals surface area contributed by atoms with Crippen LogP contribution < -0.4 is 5.32 Å². The predicted octanol–water partition coefficient (Wildman–Crippen LogP) is 3.38. The van der Waals surface area contributed by atoms with E-state index < -0.39 is 5.92 Å². The summed E-state index contributed by atoms with van der Waals surface area (Å²) in [4.78, 5) is 30.3. The van der Waals surface area contributed by atoms with E-state index in [1.807, 2.05) is 12.1 Å². The average molecular weight is 364 g/mol. The molecular formula is C17H15Cl2N3O2. The van der Waals surface area contributed by atoms with Gasteiger partial charge in [0.2, 0.25) is 11.8 Å². The standard InChI is InChI=1S/C17H15Cl2N3O2/c18-13-4-1-5-14(19)16(13)21-17(24)12-7-15(23)22(10-12)9-11-3-2-6-20-8-11/h1-6,8,12H,7,9-10H2,(H,21,24). The molecule has 2 heterocycles. The first-order valence-electron chi connectivity index (χ1n) is 7.46. The highest BCUT2D eigenvalue weighted by Crippen LogP contribution is 2.31. The van der Waals surface area contributed by atoms with E-state index in [0.717, 1.165) is 5.56 Å². The topological polar surface area (TPSA) is 62.3 Å². The maximum atomic E-state index is 12.4. The van der Waals surface area contributed by atoms with E-state index in [9.17, 15) is 9.59 Å². The highest BCUT2D eigenvalue weighted by Gasteiger charge is 2.34. The molecule has 1 fully saturated rings. The zero-order valence-electron chi connectivity index (χ0n) is 12.7. The van der Waals surface area contributed by atoms with Gasteiger partial charge in [-0.15, -0.1) is 0 Å². The monoisotopic (exact) mass is 363 g/mol. The van der Waals surface area contributed by atoms with Crippen LogP contribution in [0.4, 0.5) is 5.69 Å². The van der Waals surface area contributed by atoms with Crippen molar-refractivity contribution in [1.82, 2.24) is 9.88 Å². The molecule has 124 valence electrons. The van der Waals surface area contributed by atoms with E-state index in [0.29, 0.717) is 28.8 Å². The molecule has 0 radical (unpaired) electrons. The maximum Gasteiger partial charge on any atom is 0.229 e. The molecule has 0 saturated carbocycles. The fraction of sp³-hybridized carbons (Fsp3) is 0.235. The number of hydrogen-bond acceptors (Lipinski definition) is 3. The molecule has 5 nitrogen and oxygen atoms in total. The number of hydrogen-bond donors (Lipinski definition) is 1. The second-order valence-corrected chi connectivity index (χ2v) is 6.44. The van der Waals surface area contributed by atoms with Crippen molar-refractivity contribution in [3.05, 3.63) is 58.3 Å². The molecule has 1 aliphatic heterocycles. The Morgan fingerprint density at radius 3 is 2.67 bits per heavy atom. The van der Waals surface area contributed by atoms with Crippen LogP contribution in [0.3, 0.4) is 0 Å². The summed E-state index contributed by atoms with van der Waals surface area (Å²) in [5, 5.41) is 3.47.